The molecule has 0 atom stereocenters. The van der Waals surface area contributed by atoms with E-state index in [0.29, 0.717) is 43.0 Å². The summed E-state index contributed by atoms with van der Waals surface area (Å²) in [6.45, 7) is 5.37. The highest BCUT2D eigenvalue weighted by atomic mass is 16.5. The average Bonchev–Trinajstić information content (AvgIpc) is 2.93. The van der Waals surface area contributed by atoms with Crippen LogP contribution < -0.4 is 9.47 Å². The highest BCUT2D eigenvalue weighted by molar-refractivity contribution is 5.95. The molecule has 2 aromatic carbocycles. The van der Waals surface area contributed by atoms with Gasteiger partial charge in [0.15, 0.2) is 0 Å². The molecule has 35 heavy (non-hydrogen) atoms. The Bertz CT molecular complexity index is 1000. The Balaban J connectivity index is 1.23. The maximum absolute atomic E-state index is 13.1. The normalized spacial score (nSPS) is 17.5. The molecule has 0 bridgehead atoms. The summed E-state index contributed by atoms with van der Waals surface area (Å²) in [5, 5.41) is 0. The van der Waals surface area contributed by atoms with E-state index in [1.165, 1.54) is 5.56 Å². The number of hydrogen-bond acceptors (Lipinski definition) is 5. The topological polar surface area (TPSA) is 62.3 Å². The first kappa shape index (κ1) is 24.8. The van der Waals surface area contributed by atoms with Crippen molar-refractivity contribution in [2.75, 3.05) is 60.0 Å². The van der Waals surface area contributed by atoms with Crippen LogP contribution in [0.5, 0.6) is 11.5 Å². The maximum atomic E-state index is 13.1. The lowest BCUT2D eigenvalue weighted by Gasteiger charge is -2.38. The van der Waals surface area contributed by atoms with Crippen molar-refractivity contribution in [3.63, 3.8) is 0 Å². The number of likely N-dealkylation sites (tertiary alicyclic amines) is 1. The van der Waals surface area contributed by atoms with Gasteiger partial charge in [-0.1, -0.05) is 42.5 Å². The first-order chi connectivity index (χ1) is 17.1. The van der Waals surface area contributed by atoms with Gasteiger partial charge in [-0.05, 0) is 30.5 Å². The largest absolute Gasteiger partial charge is 0.497 e. The molecule has 0 saturated carbocycles. The summed E-state index contributed by atoms with van der Waals surface area (Å²) in [5.74, 6) is 1.35. The van der Waals surface area contributed by atoms with Crippen LogP contribution in [0.4, 0.5) is 0 Å². The van der Waals surface area contributed by atoms with Gasteiger partial charge in [0.1, 0.15) is 11.5 Å². The molecule has 7 heteroatoms. The minimum absolute atomic E-state index is 0.0107. The lowest BCUT2D eigenvalue weighted by atomic mass is 9.94. The van der Waals surface area contributed by atoms with Gasteiger partial charge in [0, 0.05) is 63.4 Å². The molecule has 0 spiro atoms. The highest BCUT2D eigenvalue weighted by Crippen LogP contribution is 2.26. The molecule has 186 valence electrons. The molecule has 2 amide bonds. The Labute approximate surface area is 207 Å². The van der Waals surface area contributed by atoms with E-state index < -0.39 is 0 Å². The number of piperidine rings is 1. The fraction of sp³-hybridized carbons (Fsp3) is 0.429. The van der Waals surface area contributed by atoms with Crippen molar-refractivity contribution in [1.29, 1.82) is 0 Å². The Hall–Kier alpha value is -3.32. The molecule has 0 N–H and O–H groups in total. The van der Waals surface area contributed by atoms with Crippen LogP contribution in [0.1, 0.15) is 28.8 Å². The first-order valence-electron chi connectivity index (χ1n) is 12.3. The molecular formula is C28H35N3O4. The van der Waals surface area contributed by atoms with Gasteiger partial charge in [-0.2, -0.15) is 0 Å². The third-order valence-electron chi connectivity index (χ3n) is 6.89. The summed E-state index contributed by atoms with van der Waals surface area (Å²) in [7, 11) is 3.14. The molecule has 2 fully saturated rings. The Morgan fingerprint density at radius 2 is 1.49 bits per heavy atom. The number of methoxy groups -OCH3 is 2. The van der Waals surface area contributed by atoms with Gasteiger partial charge in [0.25, 0.3) is 5.91 Å². The third kappa shape index (κ3) is 6.42. The monoisotopic (exact) mass is 477 g/mol. The molecule has 2 heterocycles. The predicted molar refractivity (Wildman–Crippen MR) is 137 cm³/mol. The lowest BCUT2D eigenvalue weighted by molar-refractivity contribution is -0.138. The zero-order chi connectivity index (χ0) is 24.6. The van der Waals surface area contributed by atoms with Crippen molar-refractivity contribution in [1.82, 2.24) is 14.7 Å². The van der Waals surface area contributed by atoms with Gasteiger partial charge < -0.3 is 19.3 Å². The Morgan fingerprint density at radius 1 is 0.857 bits per heavy atom. The van der Waals surface area contributed by atoms with E-state index in [4.69, 9.17) is 9.47 Å². The molecule has 0 unspecified atom stereocenters. The second kappa shape index (κ2) is 11.9. The molecule has 2 saturated heterocycles. The number of rotatable bonds is 7. The zero-order valence-corrected chi connectivity index (χ0v) is 20.7. The van der Waals surface area contributed by atoms with Crippen molar-refractivity contribution in [2.24, 2.45) is 5.92 Å². The number of carbonyl (C=O) groups excluding carboxylic acids is 2. The molecule has 0 aromatic heterocycles. The van der Waals surface area contributed by atoms with Gasteiger partial charge in [0.05, 0.1) is 14.2 Å². The summed E-state index contributed by atoms with van der Waals surface area (Å²) < 4.78 is 10.6. The van der Waals surface area contributed by atoms with Crippen molar-refractivity contribution < 1.29 is 19.1 Å². The number of piperazine rings is 1. The summed E-state index contributed by atoms with van der Waals surface area (Å²) in [4.78, 5) is 32.4. The minimum Gasteiger partial charge on any atom is -0.497 e. The fourth-order valence-corrected chi connectivity index (χ4v) is 4.75. The summed E-state index contributed by atoms with van der Waals surface area (Å²) in [6, 6.07) is 15.5. The predicted octanol–water partition coefficient (Wildman–Crippen LogP) is 3.41. The number of carbonyl (C=O) groups is 2. The molecular weight excluding hydrogens is 442 g/mol. The smallest absolute Gasteiger partial charge is 0.254 e. The molecule has 7 nitrogen and oxygen atoms in total. The van der Waals surface area contributed by atoms with Gasteiger partial charge in [0.2, 0.25) is 5.91 Å². The third-order valence-corrected chi connectivity index (χ3v) is 6.89. The Kier molecular flexibility index (Phi) is 8.42. The maximum Gasteiger partial charge on any atom is 0.254 e. The Morgan fingerprint density at radius 3 is 2.09 bits per heavy atom. The number of nitrogens with zero attached hydrogens (tertiary/aromatic N) is 3. The van der Waals surface area contributed by atoms with Crippen LogP contribution in [0.2, 0.25) is 0 Å². The minimum atomic E-state index is -0.0507. The van der Waals surface area contributed by atoms with Crippen LogP contribution in [-0.4, -0.2) is 86.5 Å². The van der Waals surface area contributed by atoms with E-state index in [1.54, 1.807) is 32.4 Å². The highest BCUT2D eigenvalue weighted by Gasteiger charge is 2.32. The van der Waals surface area contributed by atoms with E-state index in [-0.39, 0.29) is 17.7 Å². The van der Waals surface area contributed by atoms with Crippen LogP contribution in [0.3, 0.4) is 0 Å². The molecule has 2 aromatic rings. The number of amides is 2. The van der Waals surface area contributed by atoms with Crippen LogP contribution in [0, 0.1) is 5.92 Å². The van der Waals surface area contributed by atoms with Crippen LogP contribution in [-0.2, 0) is 4.79 Å². The van der Waals surface area contributed by atoms with Crippen molar-refractivity contribution in [3.8, 4) is 11.5 Å². The van der Waals surface area contributed by atoms with E-state index in [2.05, 4.69) is 29.2 Å². The van der Waals surface area contributed by atoms with Crippen molar-refractivity contribution in [3.05, 3.63) is 65.7 Å². The average molecular weight is 478 g/mol. The quantitative estimate of drug-likeness (QED) is 0.612. The summed E-state index contributed by atoms with van der Waals surface area (Å²) >= 11 is 0. The molecule has 0 aliphatic carbocycles. The molecule has 2 aliphatic rings. The van der Waals surface area contributed by atoms with Gasteiger partial charge in [-0.25, -0.2) is 0 Å². The summed E-state index contributed by atoms with van der Waals surface area (Å²) in [5.41, 5.74) is 1.75. The van der Waals surface area contributed by atoms with Gasteiger partial charge in [-0.3, -0.25) is 14.5 Å². The van der Waals surface area contributed by atoms with Crippen molar-refractivity contribution in [2.45, 2.75) is 12.8 Å². The molecule has 4 rings (SSSR count). The van der Waals surface area contributed by atoms with Gasteiger partial charge in [-0.15, -0.1) is 0 Å². The van der Waals surface area contributed by atoms with Gasteiger partial charge >= 0.3 is 0 Å². The molecule has 2 aliphatic heterocycles. The second-order valence-corrected chi connectivity index (χ2v) is 9.11. The second-order valence-electron chi connectivity index (χ2n) is 9.11. The number of ether oxygens (including phenoxy) is 2. The number of benzene rings is 2. The summed E-state index contributed by atoms with van der Waals surface area (Å²) in [6.07, 6.45) is 5.74. The van der Waals surface area contributed by atoms with E-state index in [0.717, 1.165) is 32.7 Å². The fourth-order valence-electron chi connectivity index (χ4n) is 4.75. The lowest BCUT2D eigenvalue weighted by Crippen LogP contribution is -2.51. The van der Waals surface area contributed by atoms with Crippen LogP contribution >= 0.6 is 0 Å². The first-order valence-corrected chi connectivity index (χ1v) is 12.3. The standard InChI is InChI=1S/C28H35N3O4/c1-34-25-19-24(20-26(21-25)35-2)28(33)30-13-10-23(11-14-30)27(32)31-17-15-29(16-18-31)12-6-9-22-7-4-3-5-8-22/h3-9,19-21,23H,10-18H2,1-2H3. The zero-order valence-electron chi connectivity index (χ0n) is 20.7. The SMILES string of the molecule is COc1cc(OC)cc(C(=O)N2CCC(C(=O)N3CCN(CC=Cc4ccccc4)CC3)CC2)c1. The van der Waals surface area contributed by atoms with Crippen LogP contribution in [0.25, 0.3) is 6.08 Å². The van der Waals surface area contributed by atoms with E-state index in [1.807, 2.05) is 28.0 Å². The van der Waals surface area contributed by atoms with Crippen molar-refractivity contribution >= 4 is 17.9 Å². The number of hydrogen-bond donors (Lipinski definition) is 0. The van der Waals surface area contributed by atoms with E-state index in [9.17, 15) is 9.59 Å². The van der Waals surface area contributed by atoms with E-state index >= 15 is 0 Å². The van der Waals surface area contributed by atoms with Crippen LogP contribution in [0.15, 0.2) is 54.6 Å². The molecule has 0 radical (unpaired) electrons.